The molecule has 5 N–H and O–H groups in total. The molecule has 4 rings (SSSR count). The highest BCUT2D eigenvalue weighted by atomic mass is 16.2. The van der Waals surface area contributed by atoms with Crippen molar-refractivity contribution in [2.75, 3.05) is 38.0 Å². The number of aromatic nitrogens is 2. The van der Waals surface area contributed by atoms with E-state index in [2.05, 4.69) is 30.8 Å². The summed E-state index contributed by atoms with van der Waals surface area (Å²) in [7, 11) is 0. The first-order chi connectivity index (χ1) is 15.7. The van der Waals surface area contributed by atoms with Gasteiger partial charge < -0.3 is 16.0 Å². The minimum atomic E-state index is -0.200. The topological polar surface area (TPSA) is 111 Å². The Balaban J connectivity index is 1.33. The summed E-state index contributed by atoms with van der Waals surface area (Å²) in [6.07, 6.45) is 11.8. The lowest BCUT2D eigenvalue weighted by Gasteiger charge is -2.25. The van der Waals surface area contributed by atoms with Gasteiger partial charge in [-0.1, -0.05) is 19.3 Å². The molecule has 1 saturated heterocycles. The number of amides is 2. The van der Waals surface area contributed by atoms with Crippen LogP contribution in [0.4, 0.5) is 10.6 Å². The maximum atomic E-state index is 12.3. The normalized spacial score (nSPS) is 18.5. The molecule has 3 heterocycles. The first-order valence-electron chi connectivity index (χ1n) is 12.1. The number of quaternary nitrogens is 1. The number of rotatable bonds is 9. The second kappa shape index (κ2) is 11.3. The summed E-state index contributed by atoms with van der Waals surface area (Å²) < 4.78 is 0. The molecule has 1 saturated carbocycles. The smallest absolute Gasteiger partial charge is 0.320 e. The molecule has 0 spiro atoms. The van der Waals surface area contributed by atoms with Crippen LogP contribution >= 0.6 is 0 Å². The number of nitrogens with two attached hydrogens (primary N) is 1. The van der Waals surface area contributed by atoms with Crippen LogP contribution in [-0.4, -0.2) is 65.9 Å². The summed E-state index contributed by atoms with van der Waals surface area (Å²) >= 11 is 0. The maximum absolute atomic E-state index is 12.3. The van der Waals surface area contributed by atoms with Crippen molar-refractivity contribution < 1.29 is 10.1 Å². The Bertz CT molecular complexity index is 906. The summed E-state index contributed by atoms with van der Waals surface area (Å²) in [6, 6.07) is 5.72. The first-order valence-corrected chi connectivity index (χ1v) is 12.1. The Morgan fingerprint density at radius 3 is 2.78 bits per heavy atom. The van der Waals surface area contributed by atoms with E-state index >= 15 is 0 Å². The van der Waals surface area contributed by atoms with Gasteiger partial charge in [-0.05, 0) is 62.5 Å². The predicted molar refractivity (Wildman–Crippen MR) is 127 cm³/mol. The molecule has 0 radical (unpaired) electrons. The SMILES string of the molecule is N=CC(C[NH2+]CCN1CCCCC1)c1cnc2ccc(NC(=O)NC3CCCC3)nc2c1. The van der Waals surface area contributed by atoms with Crippen LogP contribution in [0.25, 0.3) is 11.0 Å². The van der Waals surface area contributed by atoms with E-state index in [0.717, 1.165) is 49.1 Å². The number of piperidine rings is 1. The maximum Gasteiger partial charge on any atom is 0.320 e. The van der Waals surface area contributed by atoms with Gasteiger partial charge in [0, 0.05) is 25.0 Å². The van der Waals surface area contributed by atoms with Gasteiger partial charge >= 0.3 is 6.03 Å². The Morgan fingerprint density at radius 2 is 2.00 bits per heavy atom. The largest absolute Gasteiger partial charge is 0.344 e. The van der Waals surface area contributed by atoms with Crippen LogP contribution in [0, 0.1) is 5.41 Å². The van der Waals surface area contributed by atoms with Crippen molar-refractivity contribution in [1.82, 2.24) is 20.2 Å². The van der Waals surface area contributed by atoms with Gasteiger partial charge in [0.15, 0.2) is 0 Å². The highest BCUT2D eigenvalue weighted by molar-refractivity contribution is 5.90. The quantitative estimate of drug-likeness (QED) is 0.356. The van der Waals surface area contributed by atoms with Crippen molar-refractivity contribution in [3.8, 4) is 0 Å². The molecule has 2 aromatic heterocycles. The van der Waals surface area contributed by atoms with Crippen molar-refractivity contribution in [3.63, 3.8) is 0 Å². The van der Waals surface area contributed by atoms with E-state index in [0.29, 0.717) is 5.82 Å². The van der Waals surface area contributed by atoms with Gasteiger partial charge in [-0.2, -0.15) is 0 Å². The number of fused-ring (bicyclic) bond motifs is 1. The molecule has 2 fully saturated rings. The average Bonchev–Trinajstić information content (AvgIpc) is 3.32. The van der Waals surface area contributed by atoms with Crippen LogP contribution in [-0.2, 0) is 0 Å². The molecule has 8 nitrogen and oxygen atoms in total. The molecule has 1 aliphatic heterocycles. The standard InChI is InChI=1S/C24H35N7O/c25-15-19(16-26-10-13-31-11-4-1-5-12-31)18-14-22-21(27-17-18)8-9-23(29-22)30-24(32)28-20-6-2-3-7-20/h8-9,14-15,17,19-20,25-26H,1-7,10-13,16H2,(H2,28,29,30,32)/p+1. The number of likely N-dealkylation sites (tertiary alicyclic amines) is 1. The molecular weight excluding hydrogens is 402 g/mol. The van der Waals surface area contributed by atoms with Gasteiger partial charge in [0.05, 0.1) is 30.0 Å². The molecule has 32 heavy (non-hydrogen) atoms. The summed E-state index contributed by atoms with van der Waals surface area (Å²) in [5.41, 5.74) is 2.51. The third-order valence-corrected chi connectivity index (χ3v) is 6.64. The number of carbonyl (C=O) groups excluding carboxylic acids is 1. The van der Waals surface area contributed by atoms with Crippen molar-refractivity contribution in [1.29, 1.82) is 5.41 Å². The molecule has 1 unspecified atom stereocenters. The minimum absolute atomic E-state index is 0.00247. The minimum Gasteiger partial charge on any atom is -0.344 e. The third kappa shape index (κ3) is 6.23. The molecule has 2 aromatic rings. The number of hydrogen-bond donors (Lipinski definition) is 4. The third-order valence-electron chi connectivity index (χ3n) is 6.64. The van der Waals surface area contributed by atoms with Gasteiger partial charge in [-0.3, -0.25) is 15.2 Å². The molecule has 1 aliphatic carbocycles. The zero-order chi connectivity index (χ0) is 22.2. The van der Waals surface area contributed by atoms with Crippen molar-refractivity contribution in [3.05, 3.63) is 30.0 Å². The Labute approximate surface area is 190 Å². The highest BCUT2D eigenvalue weighted by Crippen LogP contribution is 2.20. The molecule has 172 valence electrons. The second-order valence-electron chi connectivity index (χ2n) is 9.07. The van der Waals surface area contributed by atoms with E-state index < -0.39 is 0 Å². The van der Waals surface area contributed by atoms with E-state index in [1.165, 1.54) is 51.4 Å². The lowest BCUT2D eigenvalue weighted by Crippen LogP contribution is -2.86. The number of urea groups is 1. The van der Waals surface area contributed by atoms with Crippen LogP contribution in [0.15, 0.2) is 24.4 Å². The molecule has 2 amide bonds. The van der Waals surface area contributed by atoms with E-state index in [1.807, 2.05) is 18.3 Å². The van der Waals surface area contributed by atoms with E-state index in [1.54, 1.807) is 6.07 Å². The zero-order valence-electron chi connectivity index (χ0n) is 18.9. The van der Waals surface area contributed by atoms with Crippen LogP contribution in [0.3, 0.4) is 0 Å². The summed E-state index contributed by atoms with van der Waals surface area (Å²) in [6.45, 7) is 5.43. The molecule has 1 atom stereocenters. The zero-order valence-corrected chi connectivity index (χ0v) is 18.9. The number of nitrogens with one attached hydrogen (secondary N) is 3. The van der Waals surface area contributed by atoms with Gasteiger partial charge in [-0.15, -0.1) is 0 Å². The molecular formula is C24H36N7O+. The number of nitrogens with zero attached hydrogens (tertiary/aromatic N) is 3. The monoisotopic (exact) mass is 438 g/mol. The lowest BCUT2D eigenvalue weighted by atomic mass is 10.0. The fourth-order valence-corrected chi connectivity index (χ4v) is 4.76. The Kier molecular flexibility index (Phi) is 8.01. The fraction of sp³-hybridized carbons (Fsp3) is 0.583. The fourth-order valence-electron chi connectivity index (χ4n) is 4.76. The van der Waals surface area contributed by atoms with Crippen LogP contribution in [0.2, 0.25) is 0 Å². The van der Waals surface area contributed by atoms with Crippen LogP contribution in [0.1, 0.15) is 56.4 Å². The summed E-state index contributed by atoms with van der Waals surface area (Å²) in [5, 5.41) is 16.1. The van der Waals surface area contributed by atoms with Crippen LogP contribution < -0.4 is 16.0 Å². The van der Waals surface area contributed by atoms with Gasteiger partial charge in [-0.25, -0.2) is 9.78 Å². The summed E-state index contributed by atoms with van der Waals surface area (Å²) in [4.78, 5) is 23.9. The van der Waals surface area contributed by atoms with E-state index in [9.17, 15) is 4.79 Å². The average molecular weight is 439 g/mol. The number of hydrogen-bond acceptors (Lipinski definition) is 5. The van der Waals surface area contributed by atoms with Gasteiger partial charge in [0.25, 0.3) is 0 Å². The summed E-state index contributed by atoms with van der Waals surface area (Å²) in [5.74, 6) is 0.517. The van der Waals surface area contributed by atoms with Crippen molar-refractivity contribution in [2.45, 2.75) is 56.9 Å². The van der Waals surface area contributed by atoms with Crippen molar-refractivity contribution in [2.24, 2.45) is 0 Å². The molecule has 0 bridgehead atoms. The Morgan fingerprint density at radius 1 is 1.19 bits per heavy atom. The number of pyridine rings is 2. The van der Waals surface area contributed by atoms with Gasteiger partial charge in [0.2, 0.25) is 0 Å². The molecule has 8 heteroatoms. The second-order valence-corrected chi connectivity index (χ2v) is 9.07. The molecule has 2 aliphatic rings. The number of anilines is 1. The predicted octanol–water partition coefficient (Wildman–Crippen LogP) is 2.48. The van der Waals surface area contributed by atoms with Crippen molar-refractivity contribution >= 4 is 29.1 Å². The van der Waals surface area contributed by atoms with E-state index in [-0.39, 0.29) is 18.0 Å². The van der Waals surface area contributed by atoms with Gasteiger partial charge in [0.1, 0.15) is 5.82 Å². The highest BCUT2D eigenvalue weighted by Gasteiger charge is 2.18. The molecule has 0 aromatic carbocycles. The van der Waals surface area contributed by atoms with E-state index in [4.69, 9.17) is 5.41 Å². The number of carbonyl (C=O) groups is 1. The van der Waals surface area contributed by atoms with Crippen LogP contribution in [0.5, 0.6) is 0 Å². The lowest BCUT2D eigenvalue weighted by molar-refractivity contribution is -0.654. The first kappa shape index (κ1) is 22.6. The Hall–Kier alpha value is -2.58.